The lowest BCUT2D eigenvalue weighted by atomic mass is 10.2. The zero-order valence-corrected chi connectivity index (χ0v) is 5.76. The molecule has 0 saturated heterocycles. The molecule has 0 radical (unpaired) electrons. The molecule has 0 fully saturated rings. The van der Waals surface area contributed by atoms with Crippen molar-refractivity contribution in [2.45, 2.75) is 12.5 Å². The lowest BCUT2D eigenvalue weighted by Crippen LogP contribution is -2.41. The number of carbonyl (C=O) groups excluding carboxylic acids is 2. The highest BCUT2D eigenvalue weighted by atomic mass is 16.2. The molecule has 0 saturated carbocycles. The number of hydrogen-bond donors (Lipinski definition) is 3. The van der Waals surface area contributed by atoms with Crippen LogP contribution >= 0.6 is 0 Å². The minimum Gasteiger partial charge on any atom is -0.370 e. The van der Waals surface area contributed by atoms with Crippen LogP contribution in [-0.2, 0) is 9.59 Å². The van der Waals surface area contributed by atoms with E-state index in [2.05, 4.69) is 5.32 Å². The standard InChI is InChI=1S/C5H11N3O2/c1-8-3(5(7)10)2-4(6)9/h3,8H,2H2,1H3,(H2,6,9)(H2,7,10)/t3-/m1/s1. The second kappa shape index (κ2) is 3.84. The van der Waals surface area contributed by atoms with Crippen LogP contribution < -0.4 is 16.8 Å². The van der Waals surface area contributed by atoms with Gasteiger partial charge in [0.1, 0.15) is 0 Å². The van der Waals surface area contributed by atoms with Crippen molar-refractivity contribution in [3.63, 3.8) is 0 Å². The maximum atomic E-state index is 10.4. The fraction of sp³-hybridized carbons (Fsp3) is 0.600. The summed E-state index contributed by atoms with van der Waals surface area (Å²) in [5.41, 5.74) is 9.71. The van der Waals surface area contributed by atoms with E-state index in [1.54, 1.807) is 7.05 Å². The summed E-state index contributed by atoms with van der Waals surface area (Å²) < 4.78 is 0. The monoisotopic (exact) mass is 145 g/mol. The SMILES string of the molecule is CN[C@H](CC(N)=O)C(N)=O. The summed E-state index contributed by atoms with van der Waals surface area (Å²) in [5.74, 6) is -1.11. The van der Waals surface area contributed by atoms with Gasteiger partial charge in [-0.1, -0.05) is 0 Å². The van der Waals surface area contributed by atoms with Crippen LogP contribution in [0.15, 0.2) is 0 Å². The summed E-state index contributed by atoms with van der Waals surface area (Å²) in [4.78, 5) is 20.7. The molecule has 0 heterocycles. The number of hydrogen-bond acceptors (Lipinski definition) is 3. The van der Waals surface area contributed by atoms with Gasteiger partial charge in [-0.25, -0.2) is 0 Å². The van der Waals surface area contributed by atoms with Gasteiger partial charge in [0.2, 0.25) is 11.8 Å². The molecular weight excluding hydrogens is 134 g/mol. The van der Waals surface area contributed by atoms with E-state index in [4.69, 9.17) is 11.5 Å². The number of nitrogens with two attached hydrogens (primary N) is 2. The van der Waals surface area contributed by atoms with Crippen LogP contribution in [0.5, 0.6) is 0 Å². The Hall–Kier alpha value is -1.10. The predicted molar refractivity (Wildman–Crippen MR) is 35.9 cm³/mol. The minimum absolute atomic E-state index is 0.0498. The van der Waals surface area contributed by atoms with Crippen LogP contribution in [0.4, 0.5) is 0 Å². The Bertz CT molecular complexity index is 146. The highest BCUT2D eigenvalue weighted by Crippen LogP contribution is 1.86. The molecule has 0 aliphatic rings. The van der Waals surface area contributed by atoms with Gasteiger partial charge in [-0.3, -0.25) is 9.59 Å². The van der Waals surface area contributed by atoms with E-state index in [0.717, 1.165) is 0 Å². The third-order valence-corrected chi connectivity index (χ3v) is 1.10. The summed E-state index contributed by atoms with van der Waals surface area (Å²) in [7, 11) is 1.54. The Labute approximate surface area is 58.8 Å². The van der Waals surface area contributed by atoms with Crippen molar-refractivity contribution >= 4 is 11.8 Å². The largest absolute Gasteiger partial charge is 0.370 e. The number of amides is 2. The van der Waals surface area contributed by atoms with Gasteiger partial charge in [-0.15, -0.1) is 0 Å². The van der Waals surface area contributed by atoms with Crippen LogP contribution in [0.3, 0.4) is 0 Å². The van der Waals surface area contributed by atoms with Crippen molar-refractivity contribution in [3.8, 4) is 0 Å². The highest BCUT2D eigenvalue weighted by molar-refractivity contribution is 5.86. The minimum atomic E-state index is -0.641. The molecule has 2 amide bonds. The summed E-state index contributed by atoms with van der Waals surface area (Å²) in [6.07, 6.45) is -0.0498. The Morgan fingerprint density at radius 1 is 1.50 bits per heavy atom. The molecule has 0 bridgehead atoms. The molecule has 58 valence electrons. The number of rotatable bonds is 4. The van der Waals surface area contributed by atoms with E-state index in [1.165, 1.54) is 0 Å². The number of carbonyl (C=O) groups is 2. The average molecular weight is 145 g/mol. The third-order valence-electron chi connectivity index (χ3n) is 1.10. The first-order valence-corrected chi connectivity index (χ1v) is 2.82. The Morgan fingerprint density at radius 3 is 2.10 bits per heavy atom. The van der Waals surface area contributed by atoms with Crippen molar-refractivity contribution in [1.29, 1.82) is 0 Å². The molecule has 5 N–H and O–H groups in total. The van der Waals surface area contributed by atoms with E-state index in [0.29, 0.717) is 0 Å². The van der Waals surface area contributed by atoms with Crippen molar-refractivity contribution in [1.82, 2.24) is 5.32 Å². The zero-order chi connectivity index (χ0) is 8.15. The maximum absolute atomic E-state index is 10.4. The number of primary amides is 2. The van der Waals surface area contributed by atoms with Crippen molar-refractivity contribution in [2.75, 3.05) is 7.05 Å². The lowest BCUT2D eigenvalue weighted by Gasteiger charge is -2.07. The fourth-order valence-corrected chi connectivity index (χ4v) is 0.546. The smallest absolute Gasteiger partial charge is 0.235 e. The van der Waals surface area contributed by atoms with Crippen LogP contribution in [0.2, 0.25) is 0 Å². The first kappa shape index (κ1) is 8.90. The molecule has 0 aromatic rings. The third kappa shape index (κ3) is 3.03. The Balaban J connectivity index is 3.83. The topological polar surface area (TPSA) is 98.2 Å². The van der Waals surface area contributed by atoms with Gasteiger partial charge < -0.3 is 16.8 Å². The number of likely N-dealkylation sites (N-methyl/N-ethyl adjacent to an activating group) is 1. The molecule has 0 spiro atoms. The molecule has 0 aromatic heterocycles. The quantitative estimate of drug-likeness (QED) is 0.424. The van der Waals surface area contributed by atoms with Crippen LogP contribution in [0.25, 0.3) is 0 Å². The van der Waals surface area contributed by atoms with E-state index in [9.17, 15) is 9.59 Å². The predicted octanol–water partition coefficient (Wildman–Crippen LogP) is -2.06. The van der Waals surface area contributed by atoms with Crippen molar-refractivity contribution < 1.29 is 9.59 Å². The summed E-state index contributed by atoms with van der Waals surface area (Å²) in [6, 6.07) is -0.641. The molecule has 0 unspecified atom stereocenters. The van der Waals surface area contributed by atoms with Crippen molar-refractivity contribution in [3.05, 3.63) is 0 Å². The van der Waals surface area contributed by atoms with Gasteiger partial charge in [0.25, 0.3) is 0 Å². The Morgan fingerprint density at radius 2 is 2.00 bits per heavy atom. The zero-order valence-electron chi connectivity index (χ0n) is 5.76. The molecule has 0 rings (SSSR count). The second-order valence-electron chi connectivity index (χ2n) is 1.91. The van der Waals surface area contributed by atoms with Crippen LogP contribution in [0, 0.1) is 0 Å². The van der Waals surface area contributed by atoms with E-state index in [-0.39, 0.29) is 6.42 Å². The Kier molecular flexibility index (Phi) is 3.42. The average Bonchev–Trinajstić information content (AvgIpc) is 1.81. The first-order chi connectivity index (χ1) is 4.57. The van der Waals surface area contributed by atoms with Crippen LogP contribution in [0.1, 0.15) is 6.42 Å². The fourth-order valence-electron chi connectivity index (χ4n) is 0.546. The normalized spacial score (nSPS) is 12.5. The molecule has 5 nitrogen and oxygen atoms in total. The summed E-state index contributed by atoms with van der Waals surface area (Å²) in [6.45, 7) is 0. The molecule has 0 aliphatic carbocycles. The van der Waals surface area contributed by atoms with E-state index >= 15 is 0 Å². The van der Waals surface area contributed by atoms with Crippen molar-refractivity contribution in [2.24, 2.45) is 11.5 Å². The highest BCUT2D eigenvalue weighted by Gasteiger charge is 2.14. The summed E-state index contributed by atoms with van der Waals surface area (Å²) in [5, 5.41) is 2.56. The molecule has 1 atom stereocenters. The first-order valence-electron chi connectivity index (χ1n) is 2.82. The van der Waals surface area contributed by atoms with E-state index < -0.39 is 17.9 Å². The van der Waals surface area contributed by atoms with Crippen LogP contribution in [-0.4, -0.2) is 24.9 Å². The van der Waals surface area contributed by atoms with Gasteiger partial charge in [0.15, 0.2) is 0 Å². The van der Waals surface area contributed by atoms with E-state index in [1.807, 2.05) is 0 Å². The lowest BCUT2D eigenvalue weighted by molar-refractivity contribution is -0.125. The number of nitrogens with one attached hydrogen (secondary N) is 1. The molecule has 0 aromatic carbocycles. The van der Waals surface area contributed by atoms with Gasteiger partial charge in [-0.05, 0) is 7.05 Å². The molecule has 5 heteroatoms. The van der Waals surface area contributed by atoms with Gasteiger partial charge >= 0.3 is 0 Å². The van der Waals surface area contributed by atoms with Gasteiger partial charge in [-0.2, -0.15) is 0 Å². The second-order valence-corrected chi connectivity index (χ2v) is 1.91. The van der Waals surface area contributed by atoms with Gasteiger partial charge in [0, 0.05) is 0 Å². The maximum Gasteiger partial charge on any atom is 0.235 e. The molecule has 0 aliphatic heterocycles. The summed E-state index contributed by atoms with van der Waals surface area (Å²) >= 11 is 0. The molecule has 10 heavy (non-hydrogen) atoms. The molecular formula is C5H11N3O2. The van der Waals surface area contributed by atoms with Gasteiger partial charge in [0.05, 0.1) is 12.5 Å².